The third kappa shape index (κ3) is 4.59. The van der Waals surface area contributed by atoms with Crippen LogP contribution >= 0.6 is 0 Å². The summed E-state index contributed by atoms with van der Waals surface area (Å²) in [4.78, 5) is 15.3. The second-order valence-electron chi connectivity index (χ2n) is 10.1. The van der Waals surface area contributed by atoms with Crippen molar-refractivity contribution in [2.24, 2.45) is 5.92 Å². The SMILES string of the molecule is C[C@H]1CCC(c2ccc3nn([C@H]4CCCN(C)C4)cc3c2)=[N+](C(=O)OC(C)(C)C)C1. The van der Waals surface area contributed by atoms with Gasteiger partial charge in [0.15, 0.2) is 12.3 Å². The normalized spacial score (nSPS) is 23.8. The molecule has 0 radical (unpaired) electrons. The molecule has 3 heterocycles. The topological polar surface area (TPSA) is 50.4 Å². The molecule has 0 aliphatic carbocycles. The molecule has 162 valence electrons. The molecule has 0 spiro atoms. The van der Waals surface area contributed by atoms with Crippen molar-refractivity contribution < 1.29 is 14.1 Å². The number of amides is 1. The van der Waals surface area contributed by atoms with Crippen LogP contribution in [-0.2, 0) is 4.74 Å². The van der Waals surface area contributed by atoms with Crippen LogP contribution < -0.4 is 0 Å². The van der Waals surface area contributed by atoms with E-state index in [4.69, 9.17) is 9.84 Å². The second-order valence-corrected chi connectivity index (χ2v) is 10.1. The molecule has 6 nitrogen and oxygen atoms in total. The van der Waals surface area contributed by atoms with Gasteiger partial charge in [0.1, 0.15) is 5.60 Å². The number of ether oxygens (including phenoxy) is 1. The highest BCUT2D eigenvalue weighted by Crippen LogP contribution is 2.25. The Morgan fingerprint density at radius 1 is 1.27 bits per heavy atom. The number of nitrogens with zero attached hydrogens (tertiary/aromatic N) is 4. The number of piperidine rings is 1. The monoisotopic (exact) mass is 411 g/mol. The highest BCUT2D eigenvalue weighted by Gasteiger charge is 2.35. The Balaban J connectivity index is 1.67. The average Bonchev–Trinajstić information content (AvgIpc) is 3.10. The van der Waals surface area contributed by atoms with E-state index in [1.165, 1.54) is 19.4 Å². The lowest BCUT2D eigenvalue weighted by Gasteiger charge is -2.29. The first-order chi connectivity index (χ1) is 14.2. The van der Waals surface area contributed by atoms with Crippen molar-refractivity contribution >= 4 is 22.7 Å². The van der Waals surface area contributed by atoms with Crippen LogP contribution in [0.2, 0.25) is 0 Å². The maximum Gasteiger partial charge on any atom is 0.597 e. The van der Waals surface area contributed by atoms with E-state index >= 15 is 0 Å². The number of rotatable bonds is 2. The summed E-state index contributed by atoms with van der Waals surface area (Å²) < 4.78 is 9.69. The Kier molecular flexibility index (Phi) is 5.71. The van der Waals surface area contributed by atoms with E-state index in [1.807, 2.05) is 25.3 Å². The van der Waals surface area contributed by atoms with Crippen molar-refractivity contribution in [2.45, 2.75) is 65.0 Å². The quantitative estimate of drug-likeness (QED) is 0.684. The number of hydrogen-bond acceptors (Lipinski definition) is 4. The number of benzene rings is 1. The lowest BCUT2D eigenvalue weighted by Crippen LogP contribution is -2.39. The number of carbonyl (C=O) groups is 1. The van der Waals surface area contributed by atoms with Gasteiger partial charge in [0.2, 0.25) is 0 Å². The van der Waals surface area contributed by atoms with Crippen LogP contribution in [0.25, 0.3) is 10.9 Å². The van der Waals surface area contributed by atoms with E-state index in [-0.39, 0.29) is 6.09 Å². The minimum Gasteiger partial charge on any atom is -0.406 e. The lowest BCUT2D eigenvalue weighted by molar-refractivity contribution is -0.463. The molecular formula is C24H35N4O2+. The second kappa shape index (κ2) is 8.14. The van der Waals surface area contributed by atoms with Crippen molar-refractivity contribution in [3.63, 3.8) is 0 Å². The predicted molar refractivity (Wildman–Crippen MR) is 119 cm³/mol. The van der Waals surface area contributed by atoms with Crippen molar-refractivity contribution in [1.29, 1.82) is 0 Å². The number of likely N-dealkylation sites (tertiary alicyclic amines) is 1. The third-order valence-corrected chi connectivity index (χ3v) is 6.14. The maximum absolute atomic E-state index is 12.9. The van der Waals surface area contributed by atoms with Gasteiger partial charge in [-0.2, -0.15) is 9.89 Å². The molecule has 2 aliphatic heterocycles. The molecule has 0 N–H and O–H groups in total. The summed E-state index contributed by atoms with van der Waals surface area (Å²) >= 11 is 0. The van der Waals surface area contributed by atoms with Gasteiger partial charge in [-0.05, 0) is 71.8 Å². The predicted octanol–water partition coefficient (Wildman–Crippen LogP) is 4.47. The van der Waals surface area contributed by atoms with Gasteiger partial charge in [0.05, 0.1) is 11.6 Å². The first-order valence-electron chi connectivity index (χ1n) is 11.2. The smallest absolute Gasteiger partial charge is 0.406 e. The summed E-state index contributed by atoms with van der Waals surface area (Å²) in [6.07, 6.45) is 6.28. The van der Waals surface area contributed by atoms with E-state index in [2.05, 4.69) is 47.9 Å². The van der Waals surface area contributed by atoms with Crippen molar-refractivity contribution in [2.75, 3.05) is 26.7 Å². The fourth-order valence-corrected chi connectivity index (χ4v) is 4.60. The summed E-state index contributed by atoms with van der Waals surface area (Å²) in [7, 11) is 2.18. The first-order valence-corrected chi connectivity index (χ1v) is 11.2. The van der Waals surface area contributed by atoms with Gasteiger partial charge in [0.25, 0.3) is 0 Å². The highest BCUT2D eigenvalue weighted by molar-refractivity contribution is 6.01. The molecule has 30 heavy (non-hydrogen) atoms. The Bertz CT molecular complexity index is 969. The van der Waals surface area contributed by atoms with Gasteiger partial charge in [-0.25, -0.2) is 0 Å². The largest absolute Gasteiger partial charge is 0.597 e. The number of carbonyl (C=O) groups excluding carboxylic acids is 1. The zero-order valence-corrected chi connectivity index (χ0v) is 19.0. The van der Waals surface area contributed by atoms with Crippen LogP contribution in [0.1, 0.15) is 65.0 Å². The van der Waals surface area contributed by atoms with Crippen molar-refractivity contribution in [3.8, 4) is 0 Å². The number of hydrogen-bond donors (Lipinski definition) is 0. The number of fused-ring (bicyclic) bond motifs is 1. The zero-order chi connectivity index (χ0) is 21.5. The summed E-state index contributed by atoms with van der Waals surface area (Å²) in [5.74, 6) is 0.469. The fraction of sp³-hybridized carbons (Fsp3) is 0.625. The molecular weight excluding hydrogens is 376 g/mol. The molecule has 1 aromatic heterocycles. The molecule has 0 bridgehead atoms. The first kappa shape index (κ1) is 21.0. The van der Waals surface area contributed by atoms with Crippen molar-refractivity contribution in [3.05, 3.63) is 30.0 Å². The molecule has 0 saturated carbocycles. The van der Waals surface area contributed by atoms with E-state index < -0.39 is 5.60 Å². The van der Waals surface area contributed by atoms with E-state index in [1.54, 1.807) is 0 Å². The Labute approximate surface area is 179 Å². The summed E-state index contributed by atoms with van der Waals surface area (Å²) in [6.45, 7) is 10.9. The summed E-state index contributed by atoms with van der Waals surface area (Å²) in [5.41, 5.74) is 2.68. The standard InChI is InChI=1S/C24H35N4O2/c1-17-8-11-22(27(14-17)23(29)30-24(2,3)4)18-9-10-21-19(13-18)15-28(25-21)20-7-6-12-26(5)16-20/h9-10,13,15,17,20H,6-8,11-12,14,16H2,1-5H3/q+1/t17-,20-/m0/s1. The lowest BCUT2D eigenvalue weighted by atomic mass is 9.94. The maximum atomic E-state index is 12.9. The molecule has 6 heteroatoms. The van der Waals surface area contributed by atoms with Gasteiger partial charge in [-0.15, -0.1) is 4.58 Å². The number of likely N-dealkylation sites (N-methyl/N-ethyl adjacent to an activating group) is 1. The molecule has 4 rings (SSSR count). The van der Waals surface area contributed by atoms with Crippen LogP contribution in [0.5, 0.6) is 0 Å². The number of aromatic nitrogens is 2. The summed E-state index contributed by atoms with van der Waals surface area (Å²) in [6, 6.07) is 6.82. The van der Waals surface area contributed by atoms with Gasteiger partial charge < -0.3 is 9.64 Å². The average molecular weight is 412 g/mol. The molecule has 0 unspecified atom stereocenters. The van der Waals surface area contributed by atoms with Gasteiger partial charge in [-0.1, -0.05) is 6.92 Å². The van der Waals surface area contributed by atoms with Crippen LogP contribution in [0.3, 0.4) is 0 Å². The third-order valence-electron chi connectivity index (χ3n) is 6.14. The van der Waals surface area contributed by atoms with Crippen LogP contribution in [0.15, 0.2) is 24.4 Å². The zero-order valence-electron chi connectivity index (χ0n) is 19.0. The Morgan fingerprint density at radius 3 is 2.80 bits per heavy atom. The van der Waals surface area contributed by atoms with Gasteiger partial charge >= 0.3 is 6.09 Å². The molecule has 1 saturated heterocycles. The van der Waals surface area contributed by atoms with Crippen LogP contribution in [0, 0.1) is 5.92 Å². The molecule has 2 atom stereocenters. The minimum absolute atomic E-state index is 0.245. The van der Waals surface area contributed by atoms with E-state index in [9.17, 15) is 4.79 Å². The van der Waals surface area contributed by atoms with E-state index in [0.717, 1.165) is 41.6 Å². The highest BCUT2D eigenvalue weighted by atomic mass is 16.6. The Hall–Kier alpha value is -2.21. The molecule has 2 aromatic rings. The molecule has 1 fully saturated rings. The van der Waals surface area contributed by atoms with E-state index in [0.29, 0.717) is 18.5 Å². The fourth-order valence-electron chi connectivity index (χ4n) is 4.60. The minimum atomic E-state index is -0.499. The molecule has 1 aromatic carbocycles. The molecule has 2 aliphatic rings. The summed E-state index contributed by atoms with van der Waals surface area (Å²) in [5, 5.41) is 5.98. The molecule has 1 amide bonds. The Morgan fingerprint density at radius 2 is 2.07 bits per heavy atom. The van der Waals surface area contributed by atoms with Crippen LogP contribution in [0.4, 0.5) is 4.79 Å². The van der Waals surface area contributed by atoms with Gasteiger partial charge in [-0.3, -0.25) is 4.68 Å². The van der Waals surface area contributed by atoms with Gasteiger partial charge in [0, 0.05) is 36.0 Å². The van der Waals surface area contributed by atoms with Crippen LogP contribution in [-0.4, -0.2) is 63.3 Å². The van der Waals surface area contributed by atoms with Crippen molar-refractivity contribution in [1.82, 2.24) is 14.7 Å².